The largest absolute Gasteiger partial charge is 0.354 e. The summed E-state index contributed by atoms with van der Waals surface area (Å²) in [6.07, 6.45) is 1.25. The summed E-state index contributed by atoms with van der Waals surface area (Å²) < 4.78 is 43.6. The standard InChI is InChI=1S/C30H36FN3O4S/c1-5-19-32-30(36)23(4)33(20-25-12-7-9-13-27(25)31)29(35)21-34(28-14-10-8-11-24(28)6-2)39(37,38)26-17-15-22(3)16-18-26/h7-18,23H,5-6,19-21H2,1-4H3,(H,32,36)/t23-/m0/s1. The smallest absolute Gasteiger partial charge is 0.264 e. The van der Waals surface area contributed by atoms with Gasteiger partial charge in [-0.25, -0.2) is 12.8 Å². The number of rotatable bonds is 12. The van der Waals surface area contributed by atoms with Gasteiger partial charge in [-0.05, 0) is 56.5 Å². The summed E-state index contributed by atoms with van der Waals surface area (Å²) in [5.74, 6) is -1.54. The van der Waals surface area contributed by atoms with E-state index in [1.165, 1.54) is 23.1 Å². The number of carbonyl (C=O) groups is 2. The molecule has 9 heteroatoms. The summed E-state index contributed by atoms with van der Waals surface area (Å²) in [6, 6.07) is 18.5. The highest BCUT2D eigenvalue weighted by atomic mass is 32.2. The van der Waals surface area contributed by atoms with Gasteiger partial charge in [-0.15, -0.1) is 0 Å². The van der Waals surface area contributed by atoms with Crippen LogP contribution in [0, 0.1) is 12.7 Å². The number of benzene rings is 3. The van der Waals surface area contributed by atoms with Crippen molar-refractivity contribution in [1.82, 2.24) is 10.2 Å². The highest BCUT2D eigenvalue weighted by Crippen LogP contribution is 2.28. The average molecular weight is 554 g/mol. The fourth-order valence-corrected chi connectivity index (χ4v) is 5.64. The molecule has 3 aromatic rings. The van der Waals surface area contributed by atoms with Gasteiger partial charge in [-0.1, -0.05) is 67.9 Å². The minimum atomic E-state index is -4.16. The van der Waals surface area contributed by atoms with Crippen molar-refractivity contribution >= 4 is 27.5 Å². The molecule has 0 fully saturated rings. The summed E-state index contributed by atoms with van der Waals surface area (Å²) in [6.45, 7) is 6.89. The second-order valence-corrected chi connectivity index (χ2v) is 11.2. The Morgan fingerprint density at radius 2 is 1.54 bits per heavy atom. The van der Waals surface area contributed by atoms with Crippen LogP contribution in [0.5, 0.6) is 0 Å². The number of carbonyl (C=O) groups excluding carboxylic acids is 2. The molecule has 0 aromatic heterocycles. The molecule has 0 saturated carbocycles. The van der Waals surface area contributed by atoms with E-state index in [9.17, 15) is 22.4 Å². The molecule has 0 unspecified atom stereocenters. The second kappa shape index (κ2) is 13.4. The molecule has 7 nitrogen and oxygen atoms in total. The lowest BCUT2D eigenvalue weighted by molar-refractivity contribution is -0.139. The van der Waals surface area contributed by atoms with Crippen LogP contribution in [0.1, 0.15) is 43.9 Å². The summed E-state index contributed by atoms with van der Waals surface area (Å²) in [5, 5.41) is 2.77. The maximum atomic E-state index is 14.6. The Hall–Kier alpha value is -3.72. The van der Waals surface area contributed by atoms with Crippen molar-refractivity contribution in [2.45, 2.75) is 58.0 Å². The lowest BCUT2D eigenvalue weighted by atomic mass is 10.1. The number of anilines is 1. The highest BCUT2D eigenvalue weighted by molar-refractivity contribution is 7.92. The Labute approximate surface area is 230 Å². The van der Waals surface area contributed by atoms with Gasteiger partial charge in [0.25, 0.3) is 10.0 Å². The van der Waals surface area contributed by atoms with E-state index in [4.69, 9.17) is 0 Å². The predicted molar refractivity (Wildman–Crippen MR) is 151 cm³/mol. The summed E-state index contributed by atoms with van der Waals surface area (Å²) in [5.41, 5.74) is 2.25. The third kappa shape index (κ3) is 7.23. The van der Waals surface area contributed by atoms with Crippen molar-refractivity contribution < 1.29 is 22.4 Å². The fraction of sp³-hybridized carbons (Fsp3) is 0.333. The first-order chi connectivity index (χ1) is 18.6. The molecule has 3 rings (SSSR count). The van der Waals surface area contributed by atoms with Crippen LogP contribution in [-0.2, 0) is 32.6 Å². The molecule has 0 aliphatic carbocycles. The van der Waals surface area contributed by atoms with Crippen LogP contribution in [0.15, 0.2) is 77.7 Å². The summed E-state index contributed by atoms with van der Waals surface area (Å²) in [7, 11) is -4.16. The molecule has 39 heavy (non-hydrogen) atoms. The molecule has 2 amide bonds. The molecule has 0 spiro atoms. The number of para-hydroxylation sites is 1. The van der Waals surface area contributed by atoms with Crippen molar-refractivity contribution in [3.63, 3.8) is 0 Å². The molecule has 0 heterocycles. The van der Waals surface area contributed by atoms with Gasteiger partial charge in [0.15, 0.2) is 0 Å². The molecular weight excluding hydrogens is 517 g/mol. The Bertz CT molecular complexity index is 1390. The van der Waals surface area contributed by atoms with Crippen LogP contribution >= 0.6 is 0 Å². The zero-order valence-corrected chi connectivity index (χ0v) is 23.7. The predicted octanol–water partition coefficient (Wildman–Crippen LogP) is 4.84. The van der Waals surface area contributed by atoms with Crippen LogP contribution in [-0.4, -0.2) is 44.3 Å². The van der Waals surface area contributed by atoms with Gasteiger partial charge in [0.1, 0.15) is 18.4 Å². The lowest BCUT2D eigenvalue weighted by Gasteiger charge is -2.32. The average Bonchev–Trinajstić information content (AvgIpc) is 2.93. The Morgan fingerprint density at radius 3 is 2.15 bits per heavy atom. The Kier molecular flexibility index (Phi) is 10.2. The number of hydrogen-bond donors (Lipinski definition) is 1. The quantitative estimate of drug-likeness (QED) is 0.348. The van der Waals surface area contributed by atoms with E-state index in [2.05, 4.69) is 5.32 Å². The number of sulfonamides is 1. The second-order valence-electron chi connectivity index (χ2n) is 9.39. The van der Waals surface area contributed by atoms with E-state index < -0.39 is 40.2 Å². The van der Waals surface area contributed by atoms with E-state index in [1.807, 2.05) is 32.9 Å². The number of nitrogens with zero attached hydrogens (tertiary/aromatic N) is 2. The van der Waals surface area contributed by atoms with Gasteiger partial charge >= 0.3 is 0 Å². The molecular formula is C30H36FN3O4S. The molecule has 1 N–H and O–H groups in total. The first-order valence-electron chi connectivity index (χ1n) is 13.1. The minimum absolute atomic E-state index is 0.0428. The topological polar surface area (TPSA) is 86.8 Å². The van der Waals surface area contributed by atoms with E-state index >= 15 is 0 Å². The maximum absolute atomic E-state index is 14.6. The number of hydrogen-bond acceptors (Lipinski definition) is 4. The number of halogens is 1. The lowest BCUT2D eigenvalue weighted by Crippen LogP contribution is -2.51. The zero-order chi connectivity index (χ0) is 28.6. The molecule has 208 valence electrons. The van der Waals surface area contributed by atoms with Gasteiger partial charge in [-0.3, -0.25) is 13.9 Å². The zero-order valence-electron chi connectivity index (χ0n) is 22.9. The van der Waals surface area contributed by atoms with Crippen LogP contribution < -0.4 is 9.62 Å². The van der Waals surface area contributed by atoms with Crippen LogP contribution in [0.3, 0.4) is 0 Å². The normalized spacial score (nSPS) is 12.0. The van der Waals surface area contributed by atoms with Gasteiger partial charge in [0.2, 0.25) is 11.8 Å². The summed E-state index contributed by atoms with van der Waals surface area (Å²) in [4.78, 5) is 28.1. The van der Waals surface area contributed by atoms with Gasteiger partial charge in [0.05, 0.1) is 10.6 Å². The third-order valence-corrected chi connectivity index (χ3v) is 8.32. The molecule has 1 atom stereocenters. The van der Waals surface area contributed by atoms with Crippen LogP contribution in [0.4, 0.5) is 10.1 Å². The maximum Gasteiger partial charge on any atom is 0.264 e. The molecule has 0 radical (unpaired) electrons. The van der Waals surface area contributed by atoms with Crippen LogP contribution in [0.2, 0.25) is 0 Å². The van der Waals surface area contributed by atoms with Gasteiger partial charge in [-0.2, -0.15) is 0 Å². The fourth-order valence-electron chi connectivity index (χ4n) is 4.19. The SMILES string of the molecule is CCCNC(=O)[C@H](C)N(Cc1ccccc1F)C(=O)CN(c1ccccc1CC)S(=O)(=O)c1ccc(C)cc1. The van der Waals surface area contributed by atoms with E-state index in [0.717, 1.165) is 15.4 Å². The molecule has 0 aliphatic rings. The van der Waals surface area contributed by atoms with Gasteiger partial charge in [0, 0.05) is 18.7 Å². The van der Waals surface area contributed by atoms with Crippen LogP contribution in [0.25, 0.3) is 0 Å². The minimum Gasteiger partial charge on any atom is -0.354 e. The first kappa shape index (κ1) is 29.8. The first-order valence-corrected chi connectivity index (χ1v) is 14.5. The van der Waals surface area contributed by atoms with Gasteiger partial charge < -0.3 is 10.2 Å². The van der Waals surface area contributed by atoms with Crippen molar-refractivity contribution in [1.29, 1.82) is 0 Å². The number of amides is 2. The van der Waals surface area contributed by atoms with E-state index in [0.29, 0.717) is 25.1 Å². The summed E-state index contributed by atoms with van der Waals surface area (Å²) >= 11 is 0. The van der Waals surface area contributed by atoms with E-state index in [-0.39, 0.29) is 17.0 Å². The number of nitrogens with one attached hydrogen (secondary N) is 1. The monoisotopic (exact) mass is 553 g/mol. The Morgan fingerprint density at radius 1 is 0.923 bits per heavy atom. The highest BCUT2D eigenvalue weighted by Gasteiger charge is 2.33. The van der Waals surface area contributed by atoms with Crippen molar-refractivity contribution in [2.24, 2.45) is 0 Å². The van der Waals surface area contributed by atoms with Crippen molar-refractivity contribution in [2.75, 3.05) is 17.4 Å². The third-order valence-electron chi connectivity index (χ3n) is 6.54. The molecule has 3 aromatic carbocycles. The van der Waals surface area contributed by atoms with Crippen molar-refractivity contribution in [3.05, 3.63) is 95.3 Å². The Balaban J connectivity index is 2.07. The van der Waals surface area contributed by atoms with Crippen molar-refractivity contribution in [3.8, 4) is 0 Å². The molecule has 0 bridgehead atoms. The molecule has 0 aliphatic heterocycles. The van der Waals surface area contributed by atoms with E-state index in [1.54, 1.807) is 49.4 Å². The number of aryl methyl sites for hydroxylation is 2. The molecule has 0 saturated heterocycles.